The SMILES string of the molecule is CCOC(=O)Cn1nc(-c2ccc(F)cc2)c(C#Cc2ccccc2)c1NC(C)=O. The van der Waals surface area contributed by atoms with Crippen LogP contribution in [0.3, 0.4) is 0 Å². The van der Waals surface area contributed by atoms with Gasteiger partial charge in [-0.2, -0.15) is 5.10 Å². The Bertz CT molecular complexity index is 1110. The number of amides is 1. The quantitative estimate of drug-likeness (QED) is 0.520. The molecule has 152 valence electrons. The van der Waals surface area contributed by atoms with Crippen molar-refractivity contribution in [1.82, 2.24) is 9.78 Å². The molecule has 1 N–H and O–H groups in total. The van der Waals surface area contributed by atoms with Gasteiger partial charge in [0.25, 0.3) is 0 Å². The number of carbonyl (C=O) groups excluding carboxylic acids is 2. The Morgan fingerprint density at radius 1 is 1.10 bits per heavy atom. The molecule has 3 aromatic rings. The third-order valence-corrected chi connectivity index (χ3v) is 4.05. The van der Waals surface area contributed by atoms with Gasteiger partial charge in [-0.3, -0.25) is 9.59 Å². The van der Waals surface area contributed by atoms with E-state index in [-0.39, 0.29) is 30.7 Å². The fraction of sp³-hybridized carbons (Fsp3) is 0.174. The van der Waals surface area contributed by atoms with E-state index in [0.717, 1.165) is 5.56 Å². The number of hydrogen-bond donors (Lipinski definition) is 1. The lowest BCUT2D eigenvalue weighted by molar-refractivity contribution is -0.144. The predicted molar refractivity (Wildman–Crippen MR) is 111 cm³/mol. The standard InChI is InChI=1S/C23H20FN3O3/c1-3-30-21(29)15-27-23(25-16(2)28)20(14-9-17-7-5-4-6-8-17)22(26-27)18-10-12-19(24)13-11-18/h4-8,10-13H,3,15H2,1-2H3,(H,25,28). The number of carbonyl (C=O) groups is 2. The summed E-state index contributed by atoms with van der Waals surface area (Å²) >= 11 is 0. The molecule has 6 nitrogen and oxygen atoms in total. The molecule has 3 rings (SSSR count). The van der Waals surface area contributed by atoms with Gasteiger partial charge in [-0.15, -0.1) is 0 Å². The smallest absolute Gasteiger partial charge is 0.327 e. The van der Waals surface area contributed by atoms with Gasteiger partial charge in [0.05, 0.1) is 12.2 Å². The molecule has 0 fully saturated rings. The Kier molecular flexibility index (Phi) is 6.60. The Balaban J connectivity index is 2.16. The lowest BCUT2D eigenvalue weighted by Gasteiger charge is -2.07. The van der Waals surface area contributed by atoms with Gasteiger partial charge in [-0.25, -0.2) is 9.07 Å². The molecule has 0 unspecified atom stereocenters. The molecule has 30 heavy (non-hydrogen) atoms. The van der Waals surface area contributed by atoms with Crippen LogP contribution in [-0.2, 0) is 20.9 Å². The number of nitrogens with one attached hydrogen (secondary N) is 1. The van der Waals surface area contributed by atoms with Crippen LogP contribution in [0.2, 0.25) is 0 Å². The second-order valence-corrected chi connectivity index (χ2v) is 6.34. The molecule has 7 heteroatoms. The molecule has 1 heterocycles. The van der Waals surface area contributed by atoms with Crippen molar-refractivity contribution in [3.8, 4) is 23.1 Å². The van der Waals surface area contributed by atoms with E-state index in [4.69, 9.17) is 4.74 Å². The highest BCUT2D eigenvalue weighted by atomic mass is 19.1. The average molecular weight is 405 g/mol. The maximum Gasteiger partial charge on any atom is 0.327 e. The van der Waals surface area contributed by atoms with E-state index in [2.05, 4.69) is 22.3 Å². The summed E-state index contributed by atoms with van der Waals surface area (Å²) in [6, 6.07) is 15.1. The lowest BCUT2D eigenvalue weighted by Crippen LogP contribution is -2.18. The van der Waals surface area contributed by atoms with E-state index in [1.165, 1.54) is 23.7 Å². The fourth-order valence-corrected chi connectivity index (χ4v) is 2.78. The number of nitrogens with zero attached hydrogens (tertiary/aromatic N) is 2. The number of ether oxygens (including phenoxy) is 1. The molecule has 0 aliphatic heterocycles. The zero-order chi connectivity index (χ0) is 21.5. The van der Waals surface area contributed by atoms with E-state index in [1.54, 1.807) is 19.1 Å². The van der Waals surface area contributed by atoms with Crippen LogP contribution in [0, 0.1) is 17.7 Å². The maximum absolute atomic E-state index is 13.4. The van der Waals surface area contributed by atoms with Gasteiger partial charge in [0.15, 0.2) is 0 Å². The lowest BCUT2D eigenvalue weighted by atomic mass is 10.1. The van der Waals surface area contributed by atoms with Crippen LogP contribution in [0.25, 0.3) is 11.3 Å². The Labute approximate surface area is 173 Å². The van der Waals surface area contributed by atoms with Crippen LogP contribution in [0.1, 0.15) is 25.0 Å². The zero-order valence-electron chi connectivity index (χ0n) is 16.6. The summed E-state index contributed by atoms with van der Waals surface area (Å²) < 4.78 is 19.8. The molecular weight excluding hydrogens is 385 g/mol. The average Bonchev–Trinajstić information content (AvgIpc) is 3.04. The van der Waals surface area contributed by atoms with Crippen molar-refractivity contribution in [1.29, 1.82) is 0 Å². The van der Waals surface area contributed by atoms with Crippen LogP contribution in [-0.4, -0.2) is 28.3 Å². The minimum atomic E-state index is -0.500. The first-order chi connectivity index (χ1) is 14.5. The summed E-state index contributed by atoms with van der Waals surface area (Å²) in [5.74, 6) is 5.14. The number of aromatic nitrogens is 2. The van der Waals surface area contributed by atoms with Crippen molar-refractivity contribution in [2.75, 3.05) is 11.9 Å². The molecule has 0 atom stereocenters. The molecule has 0 saturated heterocycles. The fourth-order valence-electron chi connectivity index (χ4n) is 2.78. The van der Waals surface area contributed by atoms with E-state index in [9.17, 15) is 14.0 Å². The minimum Gasteiger partial charge on any atom is -0.465 e. The van der Waals surface area contributed by atoms with Crippen molar-refractivity contribution in [2.45, 2.75) is 20.4 Å². The van der Waals surface area contributed by atoms with Crippen LogP contribution in [0.15, 0.2) is 54.6 Å². The molecule has 0 bridgehead atoms. The number of rotatable bonds is 5. The molecule has 0 radical (unpaired) electrons. The summed E-state index contributed by atoms with van der Waals surface area (Å²) in [5.41, 5.74) is 2.22. The molecule has 2 aromatic carbocycles. The topological polar surface area (TPSA) is 73.2 Å². The number of esters is 1. The van der Waals surface area contributed by atoms with Crippen LogP contribution in [0.5, 0.6) is 0 Å². The van der Waals surface area contributed by atoms with Crippen LogP contribution >= 0.6 is 0 Å². The summed E-state index contributed by atoms with van der Waals surface area (Å²) in [7, 11) is 0. The van der Waals surface area contributed by atoms with Gasteiger partial charge in [0.2, 0.25) is 5.91 Å². The highest BCUT2D eigenvalue weighted by molar-refractivity contribution is 5.91. The van der Waals surface area contributed by atoms with Crippen molar-refractivity contribution in [3.63, 3.8) is 0 Å². The molecule has 1 amide bonds. The second kappa shape index (κ2) is 9.52. The van der Waals surface area contributed by atoms with Gasteiger partial charge >= 0.3 is 5.97 Å². The monoisotopic (exact) mass is 405 g/mol. The zero-order valence-corrected chi connectivity index (χ0v) is 16.6. The van der Waals surface area contributed by atoms with Gasteiger partial charge in [0.1, 0.15) is 23.9 Å². The first-order valence-corrected chi connectivity index (χ1v) is 9.35. The normalized spacial score (nSPS) is 10.1. The van der Waals surface area contributed by atoms with Gasteiger partial charge in [-0.05, 0) is 43.3 Å². The van der Waals surface area contributed by atoms with E-state index in [1.807, 2.05) is 30.3 Å². The summed E-state index contributed by atoms with van der Waals surface area (Å²) in [4.78, 5) is 23.9. The Morgan fingerprint density at radius 2 is 1.80 bits per heavy atom. The third kappa shape index (κ3) is 5.11. The summed E-state index contributed by atoms with van der Waals surface area (Å²) in [5, 5.41) is 7.18. The molecule has 0 aliphatic carbocycles. The molecule has 1 aromatic heterocycles. The van der Waals surface area contributed by atoms with Crippen molar-refractivity contribution in [3.05, 3.63) is 71.5 Å². The van der Waals surface area contributed by atoms with Gasteiger partial charge < -0.3 is 10.1 Å². The highest BCUT2D eigenvalue weighted by Gasteiger charge is 2.21. The van der Waals surface area contributed by atoms with Crippen molar-refractivity contribution in [2.24, 2.45) is 0 Å². The van der Waals surface area contributed by atoms with E-state index < -0.39 is 5.97 Å². The number of benzene rings is 2. The van der Waals surface area contributed by atoms with Crippen molar-refractivity contribution >= 4 is 17.7 Å². The summed E-state index contributed by atoms with van der Waals surface area (Å²) in [6.45, 7) is 3.08. The first-order valence-electron chi connectivity index (χ1n) is 9.35. The Morgan fingerprint density at radius 3 is 2.43 bits per heavy atom. The van der Waals surface area contributed by atoms with Gasteiger partial charge in [0, 0.05) is 18.1 Å². The second-order valence-electron chi connectivity index (χ2n) is 6.34. The van der Waals surface area contributed by atoms with Gasteiger partial charge in [-0.1, -0.05) is 30.0 Å². The number of halogens is 1. The molecular formula is C23H20FN3O3. The van der Waals surface area contributed by atoms with Crippen LogP contribution in [0.4, 0.5) is 10.2 Å². The largest absolute Gasteiger partial charge is 0.465 e. The Hall–Kier alpha value is -3.92. The number of anilines is 1. The van der Waals surface area contributed by atoms with E-state index in [0.29, 0.717) is 16.8 Å². The predicted octanol–water partition coefficient (Wildman–Crippen LogP) is 3.61. The summed E-state index contributed by atoms with van der Waals surface area (Å²) in [6.07, 6.45) is 0. The third-order valence-electron chi connectivity index (χ3n) is 4.05. The highest BCUT2D eigenvalue weighted by Crippen LogP contribution is 2.29. The minimum absolute atomic E-state index is 0.204. The molecule has 0 spiro atoms. The number of hydrogen-bond acceptors (Lipinski definition) is 4. The van der Waals surface area contributed by atoms with Crippen LogP contribution < -0.4 is 5.32 Å². The first kappa shape index (κ1) is 20.8. The maximum atomic E-state index is 13.4. The van der Waals surface area contributed by atoms with Crippen molar-refractivity contribution < 1.29 is 18.7 Å². The molecule has 0 aliphatic rings. The van der Waals surface area contributed by atoms with E-state index >= 15 is 0 Å². The molecule has 0 saturated carbocycles.